The molecule has 174 valence electrons. The zero-order valence-corrected chi connectivity index (χ0v) is 20.6. The van der Waals surface area contributed by atoms with Crippen LogP contribution in [0.5, 0.6) is 0 Å². The summed E-state index contributed by atoms with van der Waals surface area (Å²) in [6.07, 6.45) is 0. The Bertz CT molecular complexity index is 1300. The normalized spacial score (nSPS) is 14.6. The van der Waals surface area contributed by atoms with E-state index in [1.54, 1.807) is 0 Å². The second-order valence-corrected chi connectivity index (χ2v) is 9.65. The molecule has 4 aromatic rings. The molecule has 1 saturated heterocycles. The van der Waals surface area contributed by atoms with Gasteiger partial charge in [-0.2, -0.15) is 0 Å². The quantitative estimate of drug-likeness (QED) is 0.361. The first kappa shape index (κ1) is 22.7. The van der Waals surface area contributed by atoms with Gasteiger partial charge >= 0.3 is 0 Å². The molecule has 0 unspecified atom stereocenters. The molecule has 5 rings (SSSR count). The van der Waals surface area contributed by atoms with Gasteiger partial charge in [0, 0.05) is 66.5 Å². The Morgan fingerprint density at radius 1 is 0.824 bits per heavy atom. The Hall–Kier alpha value is -3.08. The number of rotatable bonds is 5. The lowest BCUT2D eigenvalue weighted by atomic mass is 10.1. The van der Waals surface area contributed by atoms with Crippen LogP contribution in [-0.2, 0) is 13.1 Å². The third-order valence-electron chi connectivity index (χ3n) is 7.05. The summed E-state index contributed by atoms with van der Waals surface area (Å²) in [5.74, 6) is 0.126. The highest BCUT2D eigenvalue weighted by Crippen LogP contribution is 2.28. The largest absolute Gasteiger partial charge is 0.340 e. The number of hydrogen-bond donors (Lipinski definition) is 0. The van der Waals surface area contributed by atoms with E-state index in [0.717, 1.165) is 49.9 Å². The molecule has 0 saturated carbocycles. The van der Waals surface area contributed by atoms with Gasteiger partial charge in [0.1, 0.15) is 0 Å². The predicted molar refractivity (Wildman–Crippen MR) is 140 cm³/mol. The molecule has 1 aromatic heterocycles. The maximum atomic E-state index is 13.3. The first-order chi connectivity index (χ1) is 16.5. The van der Waals surface area contributed by atoms with Gasteiger partial charge in [0.15, 0.2) is 0 Å². The summed E-state index contributed by atoms with van der Waals surface area (Å²) in [5.41, 5.74) is 6.98. The second-order valence-electron chi connectivity index (χ2n) is 9.21. The van der Waals surface area contributed by atoms with Gasteiger partial charge in [-0.05, 0) is 60.9 Å². The van der Waals surface area contributed by atoms with E-state index in [1.165, 1.54) is 33.3 Å². The van der Waals surface area contributed by atoms with E-state index < -0.39 is 0 Å². The Morgan fingerprint density at radius 3 is 2.21 bits per heavy atom. The molecule has 0 atom stereocenters. The van der Waals surface area contributed by atoms with Crippen molar-refractivity contribution in [2.24, 2.45) is 0 Å². The lowest BCUT2D eigenvalue weighted by molar-refractivity contribution is 0.0628. The second kappa shape index (κ2) is 9.65. The van der Waals surface area contributed by atoms with Crippen molar-refractivity contribution in [3.8, 4) is 0 Å². The number of piperazine rings is 1. The van der Waals surface area contributed by atoms with Crippen LogP contribution in [0.3, 0.4) is 0 Å². The topological polar surface area (TPSA) is 28.5 Å². The minimum absolute atomic E-state index is 0.126. The van der Waals surface area contributed by atoms with Gasteiger partial charge in [-0.3, -0.25) is 9.69 Å². The molecule has 4 nitrogen and oxygen atoms in total. The number of carbonyl (C=O) groups is 1. The fourth-order valence-corrected chi connectivity index (χ4v) is 5.02. The number of hydrogen-bond acceptors (Lipinski definition) is 2. The number of nitrogens with zero attached hydrogens (tertiary/aromatic N) is 3. The lowest BCUT2D eigenvalue weighted by Gasteiger charge is -2.34. The van der Waals surface area contributed by atoms with Crippen LogP contribution in [0.2, 0.25) is 5.02 Å². The molecule has 0 aliphatic carbocycles. The van der Waals surface area contributed by atoms with Crippen LogP contribution < -0.4 is 0 Å². The molecule has 0 bridgehead atoms. The van der Waals surface area contributed by atoms with Crippen molar-refractivity contribution >= 4 is 28.4 Å². The smallest absolute Gasteiger partial charge is 0.253 e. The molecule has 1 aliphatic rings. The zero-order valence-electron chi connectivity index (χ0n) is 19.8. The van der Waals surface area contributed by atoms with Crippen molar-refractivity contribution in [2.45, 2.75) is 26.9 Å². The standard InChI is InChI=1S/C29H30ClN3O/c1-21-22(2)33(20-23-6-4-3-5-7-23)28-13-10-25(18-27(21)28)29(34)32-16-14-31(15-17-32)19-24-8-11-26(30)12-9-24/h3-13,18H,14-17,19-20H2,1-2H3. The number of aryl methyl sites for hydroxylation is 1. The molecule has 0 N–H and O–H groups in total. The summed E-state index contributed by atoms with van der Waals surface area (Å²) in [6, 6.07) is 24.7. The van der Waals surface area contributed by atoms with Crippen LogP contribution in [-0.4, -0.2) is 46.5 Å². The average Bonchev–Trinajstić information content (AvgIpc) is 3.10. The van der Waals surface area contributed by atoms with E-state index in [4.69, 9.17) is 11.6 Å². The number of halogens is 1. The van der Waals surface area contributed by atoms with Gasteiger partial charge in [0.05, 0.1) is 0 Å². The lowest BCUT2D eigenvalue weighted by Crippen LogP contribution is -2.48. The highest BCUT2D eigenvalue weighted by atomic mass is 35.5. The number of aromatic nitrogens is 1. The van der Waals surface area contributed by atoms with E-state index in [0.29, 0.717) is 0 Å². The summed E-state index contributed by atoms with van der Waals surface area (Å²) in [6.45, 7) is 9.29. The van der Waals surface area contributed by atoms with Crippen LogP contribution in [0.1, 0.15) is 32.7 Å². The maximum Gasteiger partial charge on any atom is 0.253 e. The van der Waals surface area contributed by atoms with Gasteiger partial charge in [0.2, 0.25) is 0 Å². The molecular weight excluding hydrogens is 442 g/mol. The Labute approximate surface area is 206 Å². The van der Waals surface area contributed by atoms with Gasteiger partial charge < -0.3 is 9.47 Å². The predicted octanol–water partition coefficient (Wildman–Crippen LogP) is 5.92. The third kappa shape index (κ3) is 4.61. The highest BCUT2D eigenvalue weighted by Gasteiger charge is 2.23. The van der Waals surface area contributed by atoms with E-state index in [2.05, 4.69) is 71.8 Å². The molecule has 34 heavy (non-hydrogen) atoms. The summed E-state index contributed by atoms with van der Waals surface area (Å²) in [7, 11) is 0. The number of carbonyl (C=O) groups excluding carboxylic acids is 1. The van der Waals surface area contributed by atoms with Gasteiger partial charge in [0.25, 0.3) is 5.91 Å². The SMILES string of the molecule is Cc1c(C)n(Cc2ccccc2)c2ccc(C(=O)N3CCN(Cc4ccc(Cl)cc4)CC3)cc12. The van der Waals surface area contributed by atoms with Gasteiger partial charge in [-0.1, -0.05) is 54.1 Å². The van der Waals surface area contributed by atoms with Crippen molar-refractivity contribution in [3.05, 3.63) is 106 Å². The average molecular weight is 472 g/mol. The minimum Gasteiger partial charge on any atom is -0.340 e. The summed E-state index contributed by atoms with van der Waals surface area (Å²) < 4.78 is 2.35. The molecule has 2 heterocycles. The van der Waals surface area contributed by atoms with Crippen molar-refractivity contribution < 1.29 is 4.79 Å². The summed E-state index contributed by atoms with van der Waals surface area (Å²) >= 11 is 6.00. The number of fused-ring (bicyclic) bond motifs is 1. The molecule has 1 amide bonds. The maximum absolute atomic E-state index is 13.3. The molecule has 5 heteroatoms. The Balaban J connectivity index is 1.29. The third-order valence-corrected chi connectivity index (χ3v) is 7.30. The molecule has 0 spiro atoms. The van der Waals surface area contributed by atoms with Gasteiger partial charge in [-0.15, -0.1) is 0 Å². The summed E-state index contributed by atoms with van der Waals surface area (Å²) in [4.78, 5) is 17.7. The first-order valence-electron chi connectivity index (χ1n) is 11.9. The van der Waals surface area contributed by atoms with Crippen LogP contribution in [0.4, 0.5) is 0 Å². The number of amides is 1. The fraction of sp³-hybridized carbons (Fsp3) is 0.276. The zero-order chi connectivity index (χ0) is 23.7. The first-order valence-corrected chi connectivity index (χ1v) is 12.3. The van der Waals surface area contributed by atoms with Crippen molar-refractivity contribution in [3.63, 3.8) is 0 Å². The molecule has 0 radical (unpaired) electrons. The van der Waals surface area contributed by atoms with E-state index >= 15 is 0 Å². The van der Waals surface area contributed by atoms with Crippen molar-refractivity contribution in [2.75, 3.05) is 26.2 Å². The minimum atomic E-state index is 0.126. The van der Waals surface area contributed by atoms with Crippen LogP contribution in [0.15, 0.2) is 72.8 Å². The number of benzene rings is 3. The monoisotopic (exact) mass is 471 g/mol. The van der Waals surface area contributed by atoms with Crippen LogP contribution in [0.25, 0.3) is 10.9 Å². The van der Waals surface area contributed by atoms with Crippen molar-refractivity contribution in [1.29, 1.82) is 0 Å². The molecule has 3 aromatic carbocycles. The van der Waals surface area contributed by atoms with E-state index in [-0.39, 0.29) is 5.91 Å². The molecular formula is C29H30ClN3O. The van der Waals surface area contributed by atoms with Crippen LogP contribution >= 0.6 is 11.6 Å². The van der Waals surface area contributed by atoms with Gasteiger partial charge in [-0.25, -0.2) is 0 Å². The molecule has 1 fully saturated rings. The van der Waals surface area contributed by atoms with E-state index in [9.17, 15) is 4.79 Å². The highest BCUT2D eigenvalue weighted by molar-refractivity contribution is 6.30. The van der Waals surface area contributed by atoms with Crippen molar-refractivity contribution in [1.82, 2.24) is 14.4 Å². The Kier molecular flexibility index (Phi) is 6.44. The van der Waals surface area contributed by atoms with Crippen LogP contribution in [0, 0.1) is 13.8 Å². The fourth-order valence-electron chi connectivity index (χ4n) is 4.89. The summed E-state index contributed by atoms with van der Waals surface area (Å²) in [5, 5.41) is 1.93. The van der Waals surface area contributed by atoms with E-state index in [1.807, 2.05) is 29.2 Å². The molecule has 1 aliphatic heterocycles. The Morgan fingerprint density at radius 2 is 1.50 bits per heavy atom.